The summed E-state index contributed by atoms with van der Waals surface area (Å²) in [7, 11) is 6.84. The van der Waals surface area contributed by atoms with Crippen molar-refractivity contribution in [2.45, 2.75) is 44.2 Å². The van der Waals surface area contributed by atoms with E-state index in [1.807, 2.05) is 37.4 Å². The maximum atomic E-state index is 14.1. The fourth-order valence-corrected chi connectivity index (χ4v) is 7.47. The largest absolute Gasteiger partial charge is 0.508 e. The number of likely N-dealkylation sites (N-methyl/N-ethyl adjacent to an activating group) is 1. The van der Waals surface area contributed by atoms with Crippen molar-refractivity contribution >= 4 is 40.3 Å². The molecule has 12 heteroatoms. The number of hydrogen-bond acceptors (Lipinski definition) is 11. The van der Waals surface area contributed by atoms with Gasteiger partial charge in [0.1, 0.15) is 22.8 Å². The molecule has 2 aromatic rings. The molecule has 0 aliphatic heterocycles. The summed E-state index contributed by atoms with van der Waals surface area (Å²) in [5.74, 6) is -6.56. The summed E-state index contributed by atoms with van der Waals surface area (Å²) in [5.41, 5.74) is 4.68. The number of ketones is 2. The number of nitrogens with two attached hydrogens (primary N) is 1. The van der Waals surface area contributed by atoms with Gasteiger partial charge >= 0.3 is 0 Å². The topological polar surface area (TPSA) is 178 Å². The van der Waals surface area contributed by atoms with Crippen molar-refractivity contribution in [1.29, 1.82) is 0 Å². The SMILES string of the molecule is Cc1csc(CCc2cc(N(C)C)c3c(c2O)C(O)=C2C(=O)[C@]4(O)C(O)=C(C(N)=O)C(=O)[C@@H](N(C)C)[C@@H]4C[C@@H]2C3)n1. The quantitative estimate of drug-likeness (QED) is 0.314. The molecule has 1 amide bonds. The van der Waals surface area contributed by atoms with E-state index in [9.17, 15) is 34.8 Å². The van der Waals surface area contributed by atoms with Crippen LogP contribution < -0.4 is 10.6 Å². The molecule has 0 unspecified atom stereocenters. The molecular formula is C29H34N4O7S. The van der Waals surface area contributed by atoms with E-state index in [1.54, 1.807) is 14.1 Å². The van der Waals surface area contributed by atoms with Crippen LogP contribution >= 0.6 is 11.3 Å². The van der Waals surface area contributed by atoms with E-state index in [0.29, 0.717) is 24.0 Å². The number of carbonyl (C=O) groups is 3. The second-order valence-corrected chi connectivity index (χ2v) is 12.4. The lowest BCUT2D eigenvalue weighted by atomic mass is 9.57. The van der Waals surface area contributed by atoms with Crippen molar-refractivity contribution in [2.24, 2.45) is 17.6 Å². The predicted molar refractivity (Wildman–Crippen MR) is 153 cm³/mol. The molecule has 3 aliphatic rings. The maximum Gasteiger partial charge on any atom is 0.255 e. The molecule has 218 valence electrons. The second kappa shape index (κ2) is 9.97. The summed E-state index contributed by atoms with van der Waals surface area (Å²) in [5, 5.41) is 48.7. The van der Waals surface area contributed by atoms with Gasteiger partial charge in [-0.25, -0.2) is 4.98 Å². The van der Waals surface area contributed by atoms with E-state index < -0.39 is 58.0 Å². The molecule has 6 N–H and O–H groups in total. The monoisotopic (exact) mass is 582 g/mol. The molecule has 0 spiro atoms. The molecule has 1 aromatic heterocycles. The van der Waals surface area contributed by atoms with Gasteiger partial charge in [0.25, 0.3) is 5.91 Å². The number of Topliss-reactive ketones (excluding diaryl/α,β-unsaturated/α-hetero) is 2. The molecule has 1 fully saturated rings. The molecule has 1 aromatic carbocycles. The number of carbonyl (C=O) groups excluding carboxylic acids is 3. The first kappa shape index (κ1) is 28.8. The van der Waals surface area contributed by atoms with E-state index >= 15 is 0 Å². The van der Waals surface area contributed by atoms with Crippen molar-refractivity contribution in [3.8, 4) is 5.75 Å². The van der Waals surface area contributed by atoms with Crippen LogP contribution in [0.4, 0.5) is 5.69 Å². The lowest BCUT2D eigenvalue weighted by Gasteiger charge is -2.50. The number of thiazole rings is 1. The number of aliphatic hydroxyl groups excluding tert-OH is 2. The number of anilines is 1. The van der Waals surface area contributed by atoms with Gasteiger partial charge in [-0.15, -0.1) is 11.3 Å². The Labute approximate surface area is 241 Å². The van der Waals surface area contributed by atoms with E-state index in [0.717, 1.165) is 16.4 Å². The van der Waals surface area contributed by atoms with Crippen molar-refractivity contribution in [1.82, 2.24) is 9.88 Å². The Morgan fingerprint density at radius 1 is 1.17 bits per heavy atom. The lowest BCUT2D eigenvalue weighted by Crippen LogP contribution is -2.65. The number of benzene rings is 1. The number of aromatic nitrogens is 1. The van der Waals surface area contributed by atoms with Gasteiger partial charge < -0.3 is 31.1 Å². The number of nitrogens with zero attached hydrogens (tertiary/aromatic N) is 3. The minimum Gasteiger partial charge on any atom is -0.508 e. The van der Waals surface area contributed by atoms with Crippen LogP contribution in [0, 0.1) is 18.8 Å². The van der Waals surface area contributed by atoms with Gasteiger partial charge in [-0.05, 0) is 63.4 Å². The third kappa shape index (κ3) is 4.23. The molecule has 3 aliphatic carbocycles. The van der Waals surface area contributed by atoms with Gasteiger partial charge in [0.05, 0.1) is 16.6 Å². The standard InChI is InChI=1S/C29H34N4O7S/c1-12-11-41-18(31-12)7-6-13-10-17(32(2)3)15-8-14-9-16-22(33(4)5)25(36)21(28(30)39)27(38)29(16,40)26(37)19(14)24(35)20(15)23(13)34/h10-11,14,16,22,34-35,38,40H,6-9H2,1-5H3,(H2,30,39)/t14-,16-,22-,29-/m0/s1. The number of aromatic hydroxyl groups is 1. The van der Waals surface area contributed by atoms with Gasteiger partial charge in [0.2, 0.25) is 5.78 Å². The fourth-order valence-electron chi connectivity index (χ4n) is 6.69. The van der Waals surface area contributed by atoms with Crippen LogP contribution in [0.2, 0.25) is 0 Å². The summed E-state index contributed by atoms with van der Waals surface area (Å²) in [6, 6.07) is 0.750. The van der Waals surface area contributed by atoms with Gasteiger partial charge in [0, 0.05) is 48.8 Å². The van der Waals surface area contributed by atoms with Crippen LogP contribution in [-0.2, 0) is 33.6 Å². The Hall–Kier alpha value is -3.74. The van der Waals surface area contributed by atoms with E-state index in [1.165, 1.54) is 16.2 Å². The highest BCUT2D eigenvalue weighted by Gasteiger charge is 2.64. The first-order chi connectivity index (χ1) is 19.2. The Kier molecular flexibility index (Phi) is 6.99. The highest BCUT2D eigenvalue weighted by molar-refractivity contribution is 7.09. The van der Waals surface area contributed by atoms with Gasteiger partial charge in [-0.1, -0.05) is 0 Å². The zero-order valence-electron chi connectivity index (χ0n) is 23.6. The molecule has 5 rings (SSSR count). The number of aliphatic hydroxyl groups is 3. The van der Waals surface area contributed by atoms with Crippen LogP contribution in [0.3, 0.4) is 0 Å². The number of hydrogen-bond donors (Lipinski definition) is 5. The van der Waals surface area contributed by atoms with E-state index in [-0.39, 0.29) is 29.7 Å². The van der Waals surface area contributed by atoms with Crippen LogP contribution in [0.15, 0.2) is 28.4 Å². The van der Waals surface area contributed by atoms with E-state index in [4.69, 9.17) is 5.73 Å². The van der Waals surface area contributed by atoms with Crippen molar-refractivity contribution in [3.63, 3.8) is 0 Å². The van der Waals surface area contributed by atoms with Crippen molar-refractivity contribution in [2.75, 3.05) is 33.1 Å². The van der Waals surface area contributed by atoms with Crippen molar-refractivity contribution in [3.05, 3.63) is 55.7 Å². The van der Waals surface area contributed by atoms with Crippen molar-refractivity contribution < 1.29 is 34.8 Å². The number of phenolic OH excluding ortho intramolecular Hbond substituents is 1. The average Bonchev–Trinajstić information content (AvgIpc) is 3.30. The Bertz CT molecular complexity index is 1560. The van der Waals surface area contributed by atoms with Crippen LogP contribution in [0.5, 0.6) is 5.75 Å². The van der Waals surface area contributed by atoms with Gasteiger partial charge in [-0.3, -0.25) is 19.3 Å². The third-order valence-electron chi connectivity index (χ3n) is 8.53. The predicted octanol–water partition coefficient (Wildman–Crippen LogP) is 1.58. The number of primary amides is 1. The minimum absolute atomic E-state index is 0.0462. The number of amides is 1. The average molecular weight is 583 g/mol. The molecular weight excluding hydrogens is 548 g/mol. The molecule has 1 saturated carbocycles. The highest BCUT2D eigenvalue weighted by atomic mass is 32.1. The smallest absolute Gasteiger partial charge is 0.255 e. The molecule has 11 nitrogen and oxygen atoms in total. The van der Waals surface area contributed by atoms with E-state index in [2.05, 4.69) is 4.98 Å². The molecule has 4 atom stereocenters. The third-order valence-corrected chi connectivity index (χ3v) is 9.56. The summed E-state index contributed by atoms with van der Waals surface area (Å²) < 4.78 is 0. The number of fused-ring (bicyclic) bond motifs is 3. The minimum atomic E-state index is -2.66. The number of rotatable bonds is 6. The lowest BCUT2D eigenvalue weighted by molar-refractivity contribution is -0.153. The molecule has 0 saturated heterocycles. The summed E-state index contributed by atoms with van der Waals surface area (Å²) in [4.78, 5) is 47.3. The molecule has 0 radical (unpaired) electrons. The first-order valence-corrected chi connectivity index (χ1v) is 14.2. The number of aryl methyl sites for hydroxylation is 3. The highest BCUT2D eigenvalue weighted by Crippen LogP contribution is 2.54. The molecule has 41 heavy (non-hydrogen) atoms. The maximum absolute atomic E-state index is 14.1. The van der Waals surface area contributed by atoms with Gasteiger partial charge in [-0.2, -0.15) is 0 Å². The molecule has 1 heterocycles. The van der Waals surface area contributed by atoms with Crippen LogP contribution in [0.25, 0.3) is 5.76 Å². The normalized spacial score (nSPS) is 25.8. The van der Waals surface area contributed by atoms with Gasteiger partial charge in [0.15, 0.2) is 11.4 Å². The zero-order valence-corrected chi connectivity index (χ0v) is 24.4. The fraction of sp³-hybridized carbons (Fsp3) is 0.448. The first-order valence-electron chi connectivity index (χ1n) is 13.3. The molecule has 0 bridgehead atoms. The summed E-state index contributed by atoms with van der Waals surface area (Å²) in [6.07, 6.45) is 1.27. The number of phenols is 1. The zero-order chi connectivity index (χ0) is 30.1. The Morgan fingerprint density at radius 2 is 1.85 bits per heavy atom. The van der Waals surface area contributed by atoms with Crippen LogP contribution in [-0.4, -0.2) is 87.6 Å². The Morgan fingerprint density at radius 3 is 2.41 bits per heavy atom. The second-order valence-electron chi connectivity index (χ2n) is 11.5. The Balaban J connectivity index is 1.67. The van der Waals surface area contributed by atoms with Crippen LogP contribution in [0.1, 0.15) is 33.8 Å². The summed E-state index contributed by atoms with van der Waals surface area (Å²) in [6.45, 7) is 1.91. The summed E-state index contributed by atoms with van der Waals surface area (Å²) >= 11 is 1.52.